The summed E-state index contributed by atoms with van der Waals surface area (Å²) >= 11 is 1.57. The van der Waals surface area contributed by atoms with Crippen LogP contribution in [-0.2, 0) is 19.4 Å². The van der Waals surface area contributed by atoms with Gasteiger partial charge in [-0.25, -0.2) is 4.39 Å². The van der Waals surface area contributed by atoms with Crippen molar-refractivity contribution < 1.29 is 9.13 Å². The predicted molar refractivity (Wildman–Crippen MR) is 97.2 cm³/mol. The topological polar surface area (TPSA) is 39.9 Å². The SMILES string of the molecule is Cc1ccc(C)c(OCc2nnc(SCc3ccc(F)cc3)n2C)c1. The summed E-state index contributed by atoms with van der Waals surface area (Å²) in [5, 5.41) is 9.25. The number of thioether (sulfide) groups is 1. The zero-order valence-electron chi connectivity index (χ0n) is 14.5. The minimum atomic E-state index is -0.224. The number of aromatic nitrogens is 3. The lowest BCUT2D eigenvalue weighted by Gasteiger charge is -2.10. The van der Waals surface area contributed by atoms with Crippen molar-refractivity contribution in [2.75, 3.05) is 0 Å². The van der Waals surface area contributed by atoms with Gasteiger partial charge < -0.3 is 9.30 Å². The number of aryl methyl sites for hydroxylation is 2. The molecule has 0 saturated carbocycles. The first kappa shape index (κ1) is 17.5. The molecule has 0 aliphatic rings. The molecule has 0 radical (unpaired) electrons. The van der Waals surface area contributed by atoms with E-state index in [0.717, 1.165) is 33.4 Å². The fraction of sp³-hybridized carbons (Fsp3) is 0.263. The van der Waals surface area contributed by atoms with E-state index >= 15 is 0 Å². The normalized spacial score (nSPS) is 10.9. The summed E-state index contributed by atoms with van der Waals surface area (Å²) < 4.78 is 20.8. The van der Waals surface area contributed by atoms with Gasteiger partial charge in [-0.2, -0.15) is 0 Å². The van der Waals surface area contributed by atoms with Crippen LogP contribution in [0.2, 0.25) is 0 Å². The average Bonchev–Trinajstić information content (AvgIpc) is 2.95. The van der Waals surface area contributed by atoms with E-state index in [-0.39, 0.29) is 5.82 Å². The molecule has 0 bridgehead atoms. The summed E-state index contributed by atoms with van der Waals surface area (Å²) in [6.45, 7) is 4.43. The van der Waals surface area contributed by atoms with Crippen molar-refractivity contribution in [3.63, 3.8) is 0 Å². The Bertz CT molecular complexity index is 862. The summed E-state index contributed by atoms with van der Waals surface area (Å²) in [7, 11) is 1.93. The van der Waals surface area contributed by atoms with Gasteiger partial charge in [0.2, 0.25) is 0 Å². The molecule has 0 aliphatic carbocycles. The molecule has 0 atom stereocenters. The molecular formula is C19H20FN3OS. The largest absolute Gasteiger partial charge is 0.485 e. The van der Waals surface area contributed by atoms with E-state index < -0.39 is 0 Å². The van der Waals surface area contributed by atoms with E-state index in [2.05, 4.69) is 16.3 Å². The van der Waals surface area contributed by atoms with E-state index in [1.165, 1.54) is 12.1 Å². The number of hydrogen-bond donors (Lipinski definition) is 0. The Labute approximate surface area is 151 Å². The van der Waals surface area contributed by atoms with Crippen molar-refractivity contribution in [3.8, 4) is 5.75 Å². The third-order valence-electron chi connectivity index (χ3n) is 3.91. The molecule has 3 aromatic rings. The molecule has 3 rings (SSSR count). The number of ether oxygens (including phenoxy) is 1. The third-order valence-corrected chi connectivity index (χ3v) is 5.00. The smallest absolute Gasteiger partial charge is 0.191 e. The lowest BCUT2D eigenvalue weighted by Crippen LogP contribution is -2.05. The van der Waals surface area contributed by atoms with Crippen molar-refractivity contribution in [2.24, 2.45) is 7.05 Å². The van der Waals surface area contributed by atoms with Crippen LogP contribution in [0.5, 0.6) is 5.75 Å². The van der Waals surface area contributed by atoms with Crippen LogP contribution in [-0.4, -0.2) is 14.8 Å². The molecule has 6 heteroatoms. The van der Waals surface area contributed by atoms with E-state index in [0.29, 0.717) is 12.4 Å². The van der Waals surface area contributed by atoms with E-state index in [9.17, 15) is 4.39 Å². The second-order valence-electron chi connectivity index (χ2n) is 5.93. The van der Waals surface area contributed by atoms with Crippen molar-refractivity contribution in [3.05, 3.63) is 70.8 Å². The van der Waals surface area contributed by atoms with Crippen LogP contribution < -0.4 is 4.74 Å². The van der Waals surface area contributed by atoms with Crippen LogP contribution in [0.4, 0.5) is 4.39 Å². The highest BCUT2D eigenvalue weighted by Crippen LogP contribution is 2.23. The first-order valence-electron chi connectivity index (χ1n) is 7.98. The third kappa shape index (κ3) is 4.39. The van der Waals surface area contributed by atoms with Gasteiger partial charge in [0.1, 0.15) is 18.2 Å². The maximum Gasteiger partial charge on any atom is 0.191 e. The van der Waals surface area contributed by atoms with Crippen molar-refractivity contribution in [1.29, 1.82) is 0 Å². The van der Waals surface area contributed by atoms with Crippen LogP contribution in [0.3, 0.4) is 0 Å². The van der Waals surface area contributed by atoms with Crippen LogP contribution >= 0.6 is 11.8 Å². The Hall–Kier alpha value is -2.34. The second-order valence-corrected chi connectivity index (χ2v) is 6.87. The molecule has 4 nitrogen and oxygen atoms in total. The summed E-state index contributed by atoms with van der Waals surface area (Å²) in [5.41, 5.74) is 3.30. The van der Waals surface area contributed by atoms with Crippen molar-refractivity contribution >= 4 is 11.8 Å². The highest BCUT2D eigenvalue weighted by atomic mass is 32.2. The van der Waals surface area contributed by atoms with Crippen LogP contribution in [0, 0.1) is 19.7 Å². The molecule has 0 amide bonds. The minimum Gasteiger partial charge on any atom is -0.485 e. The number of halogens is 1. The summed E-state index contributed by atoms with van der Waals surface area (Å²) in [5.74, 6) is 2.12. The van der Waals surface area contributed by atoms with Gasteiger partial charge in [-0.05, 0) is 48.7 Å². The van der Waals surface area contributed by atoms with Gasteiger partial charge in [-0.15, -0.1) is 10.2 Å². The standard InChI is InChI=1S/C19H20FN3OS/c1-13-4-5-14(2)17(10-13)24-11-18-21-22-19(23(18)3)25-12-15-6-8-16(20)9-7-15/h4-10H,11-12H2,1-3H3. The first-order chi connectivity index (χ1) is 12.0. The van der Waals surface area contributed by atoms with Crippen LogP contribution in [0.25, 0.3) is 0 Å². The molecule has 1 heterocycles. The molecule has 0 fully saturated rings. The minimum absolute atomic E-state index is 0.224. The predicted octanol–water partition coefficient (Wildman–Crippen LogP) is 4.44. The lowest BCUT2D eigenvalue weighted by molar-refractivity contribution is 0.288. The number of rotatable bonds is 6. The molecule has 0 unspecified atom stereocenters. The van der Waals surface area contributed by atoms with Gasteiger partial charge in [-0.1, -0.05) is 36.0 Å². The van der Waals surface area contributed by atoms with Gasteiger partial charge in [0.15, 0.2) is 11.0 Å². The molecule has 0 spiro atoms. The Balaban J connectivity index is 1.62. The Morgan fingerprint density at radius 2 is 1.84 bits per heavy atom. The van der Waals surface area contributed by atoms with Crippen molar-refractivity contribution in [1.82, 2.24) is 14.8 Å². The van der Waals surface area contributed by atoms with Crippen molar-refractivity contribution in [2.45, 2.75) is 31.4 Å². The van der Waals surface area contributed by atoms with Gasteiger partial charge in [0, 0.05) is 12.8 Å². The molecule has 0 aliphatic heterocycles. The lowest BCUT2D eigenvalue weighted by atomic mass is 10.1. The zero-order chi connectivity index (χ0) is 17.8. The van der Waals surface area contributed by atoms with E-state index in [1.807, 2.05) is 37.6 Å². The van der Waals surface area contributed by atoms with Gasteiger partial charge in [-0.3, -0.25) is 0 Å². The van der Waals surface area contributed by atoms with Gasteiger partial charge in [0.05, 0.1) is 0 Å². The fourth-order valence-electron chi connectivity index (χ4n) is 2.33. The molecule has 25 heavy (non-hydrogen) atoms. The Morgan fingerprint density at radius 1 is 1.08 bits per heavy atom. The summed E-state index contributed by atoms with van der Waals surface area (Å²) in [6.07, 6.45) is 0. The van der Waals surface area contributed by atoms with Crippen LogP contribution in [0.15, 0.2) is 47.6 Å². The molecular weight excluding hydrogens is 337 g/mol. The maximum absolute atomic E-state index is 12.9. The molecule has 130 valence electrons. The Kier molecular flexibility index (Phi) is 5.38. The Morgan fingerprint density at radius 3 is 2.60 bits per heavy atom. The zero-order valence-corrected chi connectivity index (χ0v) is 15.3. The van der Waals surface area contributed by atoms with Crippen LogP contribution in [0.1, 0.15) is 22.5 Å². The van der Waals surface area contributed by atoms with E-state index in [1.54, 1.807) is 23.9 Å². The van der Waals surface area contributed by atoms with Gasteiger partial charge in [0.25, 0.3) is 0 Å². The number of benzene rings is 2. The van der Waals surface area contributed by atoms with Gasteiger partial charge >= 0.3 is 0 Å². The summed E-state index contributed by atoms with van der Waals surface area (Å²) in [6, 6.07) is 12.6. The van der Waals surface area contributed by atoms with E-state index in [4.69, 9.17) is 4.74 Å². The molecule has 0 N–H and O–H groups in total. The quantitative estimate of drug-likeness (QED) is 0.612. The molecule has 1 aromatic heterocycles. The summed E-state index contributed by atoms with van der Waals surface area (Å²) in [4.78, 5) is 0. The number of hydrogen-bond acceptors (Lipinski definition) is 4. The average molecular weight is 357 g/mol. The molecule has 0 saturated heterocycles. The highest BCUT2D eigenvalue weighted by molar-refractivity contribution is 7.98. The molecule has 2 aromatic carbocycles. The first-order valence-corrected chi connectivity index (χ1v) is 8.97. The fourth-order valence-corrected chi connectivity index (χ4v) is 3.22. The number of nitrogens with zero attached hydrogens (tertiary/aromatic N) is 3. The second kappa shape index (κ2) is 7.70. The monoisotopic (exact) mass is 357 g/mol. The maximum atomic E-state index is 12.9. The highest BCUT2D eigenvalue weighted by Gasteiger charge is 2.11.